The summed E-state index contributed by atoms with van der Waals surface area (Å²) in [5.74, 6) is 0.492. The van der Waals surface area contributed by atoms with Crippen LogP contribution in [0.4, 0.5) is 13.2 Å². The molecular formula is C20H13ClF3N3O. The molecule has 0 N–H and O–H groups in total. The first-order valence-corrected chi connectivity index (χ1v) is 8.68. The fraction of sp³-hybridized carbons (Fsp3) is 0.100. The number of halogens is 4. The van der Waals surface area contributed by atoms with Gasteiger partial charge in [0.2, 0.25) is 0 Å². The van der Waals surface area contributed by atoms with Gasteiger partial charge in [0, 0.05) is 17.6 Å². The maximum absolute atomic E-state index is 13.2. The Bertz CT molecular complexity index is 1140. The number of rotatable bonds is 4. The number of fused-ring (bicyclic) bond motifs is 1. The van der Waals surface area contributed by atoms with Gasteiger partial charge in [0.25, 0.3) is 0 Å². The summed E-state index contributed by atoms with van der Waals surface area (Å²) in [7, 11) is 0. The number of ether oxygens (including phenoxy) is 1. The molecule has 0 aliphatic heterocycles. The number of alkyl halides is 3. The zero-order valence-electron chi connectivity index (χ0n) is 14.3. The van der Waals surface area contributed by atoms with E-state index in [0.717, 1.165) is 21.7 Å². The summed E-state index contributed by atoms with van der Waals surface area (Å²) in [6.45, 7) is -0.118. The highest BCUT2D eigenvalue weighted by Gasteiger charge is 2.35. The molecule has 0 saturated carbocycles. The van der Waals surface area contributed by atoms with E-state index >= 15 is 0 Å². The monoisotopic (exact) mass is 403 g/mol. The van der Waals surface area contributed by atoms with Gasteiger partial charge in [-0.1, -0.05) is 29.8 Å². The minimum Gasteiger partial charge on any atom is -0.487 e. The average Bonchev–Trinajstić information content (AvgIpc) is 3.11. The predicted octanol–water partition coefficient (Wildman–Crippen LogP) is 5.67. The first-order chi connectivity index (χ1) is 13.4. The van der Waals surface area contributed by atoms with Crippen LogP contribution in [0, 0.1) is 0 Å². The molecule has 0 aliphatic rings. The van der Waals surface area contributed by atoms with Gasteiger partial charge in [-0.3, -0.25) is 4.98 Å². The molecule has 0 atom stereocenters. The van der Waals surface area contributed by atoms with Crippen molar-refractivity contribution in [1.29, 1.82) is 0 Å². The fourth-order valence-corrected chi connectivity index (χ4v) is 3.00. The molecule has 0 spiro atoms. The highest BCUT2D eigenvalue weighted by molar-refractivity contribution is 6.32. The smallest absolute Gasteiger partial charge is 0.435 e. The van der Waals surface area contributed by atoms with Gasteiger partial charge in [0.15, 0.2) is 5.69 Å². The van der Waals surface area contributed by atoms with Crippen LogP contribution >= 0.6 is 11.6 Å². The quantitative estimate of drug-likeness (QED) is 0.440. The molecule has 4 aromatic rings. The van der Waals surface area contributed by atoms with Gasteiger partial charge in [-0.2, -0.15) is 18.3 Å². The normalized spacial score (nSPS) is 11.7. The van der Waals surface area contributed by atoms with E-state index in [1.54, 1.807) is 42.6 Å². The van der Waals surface area contributed by atoms with Gasteiger partial charge in [-0.15, -0.1) is 0 Å². The summed E-state index contributed by atoms with van der Waals surface area (Å²) in [6, 6.07) is 16.6. The molecule has 0 bridgehead atoms. The minimum absolute atomic E-state index is 0.118. The molecule has 2 heterocycles. The molecule has 0 aliphatic carbocycles. The third-order valence-electron chi connectivity index (χ3n) is 4.12. The number of para-hydroxylation sites is 1. The second-order valence-electron chi connectivity index (χ2n) is 6.03. The summed E-state index contributed by atoms with van der Waals surface area (Å²) in [4.78, 5) is 4.25. The van der Waals surface area contributed by atoms with Crippen molar-refractivity contribution >= 4 is 22.5 Å². The van der Waals surface area contributed by atoms with E-state index < -0.39 is 11.9 Å². The molecule has 0 amide bonds. The van der Waals surface area contributed by atoms with E-state index in [4.69, 9.17) is 16.3 Å². The Labute approximate surface area is 163 Å². The first kappa shape index (κ1) is 18.3. The summed E-state index contributed by atoms with van der Waals surface area (Å²) in [6.07, 6.45) is -2.91. The van der Waals surface area contributed by atoms with Crippen molar-refractivity contribution in [2.24, 2.45) is 0 Å². The Kier molecular flexibility index (Phi) is 4.68. The molecular weight excluding hydrogens is 391 g/mol. The third-order valence-corrected chi connectivity index (χ3v) is 4.44. The lowest BCUT2D eigenvalue weighted by Gasteiger charge is -2.11. The molecule has 0 radical (unpaired) electrons. The SMILES string of the molecule is FC(F)(F)c1cc(COc2ccc3cccnc3c2)n(-c2ccccc2Cl)n1. The Morgan fingerprint density at radius 3 is 2.61 bits per heavy atom. The van der Waals surface area contributed by atoms with E-state index in [-0.39, 0.29) is 17.3 Å². The summed E-state index contributed by atoms with van der Waals surface area (Å²) in [5, 5.41) is 4.92. The predicted molar refractivity (Wildman–Crippen MR) is 99.7 cm³/mol. The highest BCUT2D eigenvalue weighted by atomic mass is 35.5. The fourth-order valence-electron chi connectivity index (χ4n) is 2.79. The lowest BCUT2D eigenvalue weighted by Crippen LogP contribution is -2.08. The maximum Gasteiger partial charge on any atom is 0.435 e. The van der Waals surface area contributed by atoms with Crippen molar-refractivity contribution < 1.29 is 17.9 Å². The van der Waals surface area contributed by atoms with E-state index in [2.05, 4.69) is 10.1 Å². The Hall–Kier alpha value is -3.06. The summed E-state index contributed by atoms with van der Waals surface area (Å²) < 4.78 is 46.4. The summed E-state index contributed by atoms with van der Waals surface area (Å²) >= 11 is 6.15. The molecule has 142 valence electrons. The van der Waals surface area contributed by atoms with Crippen LogP contribution in [0.2, 0.25) is 5.02 Å². The largest absolute Gasteiger partial charge is 0.487 e. The molecule has 2 aromatic heterocycles. The molecule has 0 saturated heterocycles. The van der Waals surface area contributed by atoms with Crippen LogP contribution in [0.5, 0.6) is 5.75 Å². The van der Waals surface area contributed by atoms with Gasteiger partial charge in [-0.25, -0.2) is 4.68 Å². The topological polar surface area (TPSA) is 39.9 Å². The second kappa shape index (κ2) is 7.16. The van der Waals surface area contributed by atoms with Crippen LogP contribution in [-0.2, 0) is 12.8 Å². The van der Waals surface area contributed by atoms with Gasteiger partial charge in [0.05, 0.1) is 21.9 Å². The van der Waals surface area contributed by atoms with Crippen molar-refractivity contribution in [1.82, 2.24) is 14.8 Å². The Balaban J connectivity index is 1.67. The van der Waals surface area contributed by atoms with Crippen molar-refractivity contribution in [3.8, 4) is 11.4 Å². The standard InChI is InChI=1S/C20H13ClF3N3O/c21-16-5-1-2-6-18(16)27-14(10-19(26-27)20(22,23)24)12-28-15-8-7-13-4-3-9-25-17(13)11-15/h1-11H,12H2. The Morgan fingerprint density at radius 1 is 1.00 bits per heavy atom. The lowest BCUT2D eigenvalue weighted by atomic mass is 10.2. The highest BCUT2D eigenvalue weighted by Crippen LogP contribution is 2.31. The molecule has 0 fully saturated rings. The molecule has 2 aromatic carbocycles. The lowest BCUT2D eigenvalue weighted by molar-refractivity contribution is -0.141. The van der Waals surface area contributed by atoms with Gasteiger partial charge in [0.1, 0.15) is 12.4 Å². The summed E-state index contributed by atoms with van der Waals surface area (Å²) in [5.41, 5.74) is 0.293. The first-order valence-electron chi connectivity index (χ1n) is 8.30. The van der Waals surface area contributed by atoms with E-state index in [1.807, 2.05) is 18.2 Å². The number of hydrogen-bond acceptors (Lipinski definition) is 3. The van der Waals surface area contributed by atoms with E-state index in [1.165, 1.54) is 0 Å². The van der Waals surface area contributed by atoms with Gasteiger partial charge in [-0.05, 0) is 36.4 Å². The van der Waals surface area contributed by atoms with Crippen LogP contribution in [0.15, 0.2) is 66.9 Å². The number of nitrogens with zero attached hydrogens (tertiary/aromatic N) is 3. The van der Waals surface area contributed by atoms with Crippen LogP contribution in [0.1, 0.15) is 11.4 Å². The Morgan fingerprint density at radius 2 is 1.82 bits per heavy atom. The average molecular weight is 404 g/mol. The van der Waals surface area contributed by atoms with Gasteiger partial charge >= 0.3 is 6.18 Å². The van der Waals surface area contributed by atoms with Crippen molar-refractivity contribution in [2.75, 3.05) is 0 Å². The molecule has 28 heavy (non-hydrogen) atoms. The molecule has 4 rings (SSSR count). The van der Waals surface area contributed by atoms with Crippen LogP contribution in [0.3, 0.4) is 0 Å². The number of aromatic nitrogens is 3. The number of pyridine rings is 1. The number of benzene rings is 2. The zero-order chi connectivity index (χ0) is 19.7. The van der Waals surface area contributed by atoms with Crippen LogP contribution in [-0.4, -0.2) is 14.8 Å². The minimum atomic E-state index is -4.58. The van der Waals surface area contributed by atoms with E-state index in [9.17, 15) is 13.2 Å². The zero-order valence-corrected chi connectivity index (χ0v) is 15.1. The number of hydrogen-bond donors (Lipinski definition) is 0. The second-order valence-corrected chi connectivity index (χ2v) is 6.44. The molecule has 0 unspecified atom stereocenters. The van der Waals surface area contributed by atoms with Crippen molar-refractivity contribution in [3.05, 3.63) is 83.3 Å². The van der Waals surface area contributed by atoms with Crippen LogP contribution in [0.25, 0.3) is 16.6 Å². The molecule has 4 nitrogen and oxygen atoms in total. The van der Waals surface area contributed by atoms with Gasteiger partial charge < -0.3 is 4.74 Å². The van der Waals surface area contributed by atoms with Crippen molar-refractivity contribution in [3.63, 3.8) is 0 Å². The van der Waals surface area contributed by atoms with E-state index in [0.29, 0.717) is 11.4 Å². The third kappa shape index (κ3) is 3.66. The molecule has 8 heteroatoms. The van der Waals surface area contributed by atoms with Crippen molar-refractivity contribution in [2.45, 2.75) is 12.8 Å². The van der Waals surface area contributed by atoms with Crippen LogP contribution < -0.4 is 4.74 Å². The maximum atomic E-state index is 13.2.